The van der Waals surface area contributed by atoms with E-state index in [9.17, 15) is 5.11 Å². The molecule has 2 aliphatic carbocycles. The summed E-state index contributed by atoms with van der Waals surface area (Å²) in [5, 5.41) is 10.9. The lowest BCUT2D eigenvalue weighted by Gasteiger charge is -2.31. The maximum absolute atomic E-state index is 10.9. The summed E-state index contributed by atoms with van der Waals surface area (Å²) in [6.07, 6.45) is 9.46. The summed E-state index contributed by atoms with van der Waals surface area (Å²) in [6, 6.07) is 6.00. The van der Waals surface area contributed by atoms with E-state index in [1.165, 1.54) is 37.7 Å². The van der Waals surface area contributed by atoms with Gasteiger partial charge in [0.15, 0.2) is 0 Å². The number of nitrogen functional groups attached to an aromatic ring is 1. The van der Waals surface area contributed by atoms with Gasteiger partial charge in [0.05, 0.1) is 5.60 Å². The SMILES string of the molecule is Nc1ccc2c(c1)CCC2(O)CC1CCCCC1. The van der Waals surface area contributed by atoms with E-state index in [0.29, 0.717) is 5.92 Å². The molecule has 2 heteroatoms. The first kappa shape index (κ1) is 12.0. The molecule has 2 nitrogen and oxygen atoms in total. The topological polar surface area (TPSA) is 46.2 Å². The lowest BCUT2D eigenvalue weighted by Crippen LogP contribution is -2.27. The number of rotatable bonds is 2. The number of benzene rings is 1. The number of hydrogen-bond donors (Lipinski definition) is 2. The van der Waals surface area contributed by atoms with Gasteiger partial charge in [-0.2, -0.15) is 0 Å². The lowest BCUT2D eigenvalue weighted by atomic mass is 9.78. The van der Waals surface area contributed by atoms with Gasteiger partial charge in [-0.05, 0) is 48.4 Å². The molecule has 18 heavy (non-hydrogen) atoms. The van der Waals surface area contributed by atoms with Crippen molar-refractivity contribution in [3.05, 3.63) is 29.3 Å². The van der Waals surface area contributed by atoms with Crippen molar-refractivity contribution in [3.63, 3.8) is 0 Å². The van der Waals surface area contributed by atoms with Crippen LogP contribution in [0.15, 0.2) is 18.2 Å². The van der Waals surface area contributed by atoms with Crippen molar-refractivity contribution < 1.29 is 5.11 Å². The number of hydrogen-bond acceptors (Lipinski definition) is 2. The van der Waals surface area contributed by atoms with E-state index >= 15 is 0 Å². The normalized spacial score (nSPS) is 28.3. The fraction of sp³-hybridized carbons (Fsp3) is 0.625. The number of aryl methyl sites for hydroxylation is 1. The molecule has 0 bridgehead atoms. The second-order valence-electron chi connectivity index (χ2n) is 6.16. The van der Waals surface area contributed by atoms with Gasteiger partial charge in [0.2, 0.25) is 0 Å². The molecule has 1 atom stereocenters. The van der Waals surface area contributed by atoms with Crippen LogP contribution in [0.3, 0.4) is 0 Å². The molecule has 1 saturated carbocycles. The van der Waals surface area contributed by atoms with Gasteiger partial charge in [0, 0.05) is 5.69 Å². The van der Waals surface area contributed by atoms with Crippen LogP contribution < -0.4 is 5.73 Å². The first-order chi connectivity index (χ1) is 8.67. The van der Waals surface area contributed by atoms with E-state index in [2.05, 4.69) is 0 Å². The minimum Gasteiger partial charge on any atom is -0.399 e. The molecule has 0 heterocycles. The first-order valence-corrected chi connectivity index (χ1v) is 7.29. The van der Waals surface area contributed by atoms with Gasteiger partial charge in [-0.3, -0.25) is 0 Å². The molecule has 1 aromatic carbocycles. The third-order valence-electron chi connectivity index (χ3n) is 4.79. The summed E-state index contributed by atoms with van der Waals surface area (Å²) in [5.41, 5.74) is 8.46. The van der Waals surface area contributed by atoms with Crippen molar-refractivity contribution in [2.75, 3.05) is 5.73 Å². The second-order valence-corrected chi connectivity index (χ2v) is 6.16. The summed E-state index contributed by atoms with van der Waals surface area (Å²) >= 11 is 0. The quantitative estimate of drug-likeness (QED) is 0.785. The van der Waals surface area contributed by atoms with Crippen molar-refractivity contribution in [2.24, 2.45) is 5.92 Å². The van der Waals surface area contributed by atoms with Crippen LogP contribution in [-0.2, 0) is 12.0 Å². The zero-order valence-corrected chi connectivity index (χ0v) is 11.0. The van der Waals surface area contributed by atoms with E-state index in [1.807, 2.05) is 18.2 Å². The summed E-state index contributed by atoms with van der Waals surface area (Å²) < 4.78 is 0. The third kappa shape index (κ3) is 2.14. The van der Waals surface area contributed by atoms with Crippen LogP contribution in [0, 0.1) is 5.92 Å². The Morgan fingerprint density at radius 1 is 1.22 bits per heavy atom. The Balaban J connectivity index is 1.80. The molecule has 1 unspecified atom stereocenters. The molecule has 0 aliphatic heterocycles. The summed E-state index contributed by atoms with van der Waals surface area (Å²) in [4.78, 5) is 0. The van der Waals surface area contributed by atoms with Crippen LogP contribution in [0.5, 0.6) is 0 Å². The lowest BCUT2D eigenvalue weighted by molar-refractivity contribution is 0.00723. The maximum atomic E-state index is 10.9. The Kier molecular flexibility index (Phi) is 3.06. The molecular weight excluding hydrogens is 222 g/mol. The Morgan fingerprint density at radius 2 is 2.00 bits per heavy atom. The van der Waals surface area contributed by atoms with E-state index in [-0.39, 0.29) is 0 Å². The zero-order valence-electron chi connectivity index (χ0n) is 11.0. The van der Waals surface area contributed by atoms with Crippen LogP contribution in [0.1, 0.15) is 56.1 Å². The smallest absolute Gasteiger partial charge is 0.0905 e. The highest BCUT2D eigenvalue weighted by Gasteiger charge is 2.38. The molecule has 2 aliphatic rings. The van der Waals surface area contributed by atoms with Gasteiger partial charge in [0.25, 0.3) is 0 Å². The minimum atomic E-state index is -0.578. The van der Waals surface area contributed by atoms with Crippen molar-refractivity contribution >= 4 is 5.69 Å². The molecule has 0 spiro atoms. The van der Waals surface area contributed by atoms with E-state index in [1.54, 1.807) is 0 Å². The Morgan fingerprint density at radius 3 is 2.78 bits per heavy atom. The fourth-order valence-corrected chi connectivity index (χ4v) is 3.83. The average molecular weight is 245 g/mol. The van der Waals surface area contributed by atoms with Gasteiger partial charge in [-0.15, -0.1) is 0 Å². The first-order valence-electron chi connectivity index (χ1n) is 7.29. The van der Waals surface area contributed by atoms with Gasteiger partial charge in [-0.25, -0.2) is 0 Å². The molecular formula is C16H23NO. The van der Waals surface area contributed by atoms with Crippen LogP contribution >= 0.6 is 0 Å². The van der Waals surface area contributed by atoms with Gasteiger partial charge < -0.3 is 10.8 Å². The molecule has 98 valence electrons. The van der Waals surface area contributed by atoms with Gasteiger partial charge in [0.1, 0.15) is 0 Å². The van der Waals surface area contributed by atoms with Gasteiger partial charge >= 0.3 is 0 Å². The minimum absolute atomic E-state index is 0.578. The van der Waals surface area contributed by atoms with E-state index < -0.39 is 5.60 Å². The van der Waals surface area contributed by atoms with Crippen LogP contribution in [-0.4, -0.2) is 5.11 Å². The highest BCUT2D eigenvalue weighted by atomic mass is 16.3. The molecule has 0 aromatic heterocycles. The molecule has 3 rings (SSSR count). The number of fused-ring (bicyclic) bond motifs is 1. The van der Waals surface area contributed by atoms with Crippen molar-refractivity contribution in [1.29, 1.82) is 0 Å². The zero-order chi connectivity index (χ0) is 12.6. The predicted octanol–water partition coefficient (Wildman–Crippen LogP) is 3.37. The van der Waals surface area contributed by atoms with Crippen LogP contribution in [0.4, 0.5) is 5.69 Å². The standard InChI is InChI=1S/C16H23NO/c17-14-6-7-15-13(10-14)8-9-16(15,18)11-12-4-2-1-3-5-12/h6-7,10,12,18H,1-5,8-9,11,17H2. The maximum Gasteiger partial charge on any atom is 0.0905 e. The predicted molar refractivity (Wildman–Crippen MR) is 74.3 cm³/mol. The Labute approximate surface area is 109 Å². The average Bonchev–Trinajstić information content (AvgIpc) is 2.67. The van der Waals surface area contributed by atoms with Crippen molar-refractivity contribution in [1.82, 2.24) is 0 Å². The largest absolute Gasteiger partial charge is 0.399 e. The molecule has 0 saturated heterocycles. The summed E-state index contributed by atoms with van der Waals surface area (Å²) in [6.45, 7) is 0. The summed E-state index contributed by atoms with van der Waals surface area (Å²) in [5.74, 6) is 0.715. The highest BCUT2D eigenvalue weighted by Crippen LogP contribution is 2.44. The van der Waals surface area contributed by atoms with Crippen molar-refractivity contribution in [3.8, 4) is 0 Å². The molecule has 0 radical (unpaired) electrons. The monoisotopic (exact) mass is 245 g/mol. The second kappa shape index (κ2) is 4.58. The fourth-order valence-electron chi connectivity index (χ4n) is 3.83. The van der Waals surface area contributed by atoms with E-state index in [0.717, 1.165) is 30.5 Å². The van der Waals surface area contributed by atoms with Crippen LogP contribution in [0.2, 0.25) is 0 Å². The summed E-state index contributed by atoms with van der Waals surface area (Å²) in [7, 11) is 0. The van der Waals surface area contributed by atoms with Crippen molar-refractivity contribution in [2.45, 2.75) is 57.0 Å². The molecule has 0 amide bonds. The van der Waals surface area contributed by atoms with Gasteiger partial charge in [-0.1, -0.05) is 38.2 Å². The Hall–Kier alpha value is -1.02. The van der Waals surface area contributed by atoms with E-state index in [4.69, 9.17) is 5.73 Å². The molecule has 1 fully saturated rings. The Bertz CT molecular complexity index is 437. The van der Waals surface area contributed by atoms with Crippen LogP contribution in [0.25, 0.3) is 0 Å². The highest BCUT2D eigenvalue weighted by molar-refractivity contribution is 5.48. The number of anilines is 1. The number of aliphatic hydroxyl groups is 1. The molecule has 1 aromatic rings. The molecule has 3 N–H and O–H groups in total. The number of nitrogens with two attached hydrogens (primary N) is 1. The third-order valence-corrected chi connectivity index (χ3v) is 4.79.